The van der Waals surface area contributed by atoms with Gasteiger partial charge in [0.15, 0.2) is 10.8 Å². The molecule has 0 aliphatic heterocycles. The first-order chi connectivity index (χ1) is 12.1. The third-order valence-corrected chi connectivity index (χ3v) is 4.45. The minimum Gasteiger partial charge on any atom is -0.450 e. The van der Waals surface area contributed by atoms with Crippen LogP contribution in [0.3, 0.4) is 0 Å². The Bertz CT molecular complexity index is 934. The Morgan fingerprint density at radius 1 is 1.23 bits per heavy atom. The molecule has 0 unspecified atom stereocenters. The molecule has 1 amide bonds. The lowest BCUT2D eigenvalue weighted by Gasteiger charge is -2.12. The molecule has 2 rings (SSSR count). The van der Waals surface area contributed by atoms with Crippen LogP contribution in [0, 0.1) is 0 Å². The molecule has 10 heteroatoms. The topological polar surface area (TPSA) is 129 Å². The Hall–Kier alpha value is -2.43. The van der Waals surface area contributed by atoms with Crippen LogP contribution in [-0.2, 0) is 24.3 Å². The number of amides is 1. The second kappa shape index (κ2) is 8.30. The molecule has 0 aliphatic rings. The normalized spacial score (nSPS) is 12.7. The number of ether oxygens (including phenoxy) is 1. The summed E-state index contributed by atoms with van der Waals surface area (Å²) in [5.74, 6) is -0.846. The first-order valence-corrected chi connectivity index (χ1v) is 9.57. The number of halogens is 1. The van der Waals surface area contributed by atoms with E-state index in [2.05, 4.69) is 21.2 Å². The van der Waals surface area contributed by atoms with Gasteiger partial charge in [-0.3, -0.25) is 4.79 Å². The summed E-state index contributed by atoms with van der Waals surface area (Å²) in [4.78, 5) is 23.7. The van der Waals surface area contributed by atoms with E-state index >= 15 is 0 Å². The standard InChI is InChI=1S/C16H15BrN2O6S/c1-10(24-15(20)9-5-12-4-8-14(17)25-12)16(21)19-11-2-6-13(7-3-11)26(18,22)23/h2-10H,1H3,(H,19,21)(H2,18,22,23)/b9-5+/t10-/m0/s1. The largest absolute Gasteiger partial charge is 0.450 e. The highest BCUT2D eigenvalue weighted by molar-refractivity contribution is 9.10. The number of benzene rings is 1. The van der Waals surface area contributed by atoms with E-state index in [4.69, 9.17) is 14.3 Å². The van der Waals surface area contributed by atoms with Crippen LogP contribution in [0.25, 0.3) is 6.08 Å². The highest BCUT2D eigenvalue weighted by Gasteiger charge is 2.17. The second-order valence-electron chi connectivity index (χ2n) is 5.11. The second-order valence-corrected chi connectivity index (χ2v) is 7.46. The van der Waals surface area contributed by atoms with Crippen LogP contribution in [0.1, 0.15) is 12.7 Å². The summed E-state index contributed by atoms with van der Waals surface area (Å²) in [7, 11) is -3.81. The third kappa shape index (κ3) is 5.83. The minimum absolute atomic E-state index is 0.0790. The fourth-order valence-corrected chi connectivity index (χ4v) is 2.64. The van der Waals surface area contributed by atoms with Gasteiger partial charge >= 0.3 is 5.97 Å². The highest BCUT2D eigenvalue weighted by Crippen LogP contribution is 2.15. The fourth-order valence-electron chi connectivity index (χ4n) is 1.81. The van der Waals surface area contributed by atoms with E-state index in [-0.39, 0.29) is 4.90 Å². The van der Waals surface area contributed by atoms with Crippen molar-refractivity contribution >= 4 is 49.6 Å². The third-order valence-electron chi connectivity index (χ3n) is 3.09. The summed E-state index contributed by atoms with van der Waals surface area (Å²) in [6.45, 7) is 1.41. The summed E-state index contributed by atoms with van der Waals surface area (Å²) in [6.07, 6.45) is 1.48. The summed E-state index contributed by atoms with van der Waals surface area (Å²) in [5.41, 5.74) is 0.335. The molecule has 3 N–H and O–H groups in total. The van der Waals surface area contributed by atoms with Crippen LogP contribution in [0.5, 0.6) is 0 Å². The molecule has 1 heterocycles. The Morgan fingerprint density at radius 2 is 1.88 bits per heavy atom. The number of furan rings is 1. The number of nitrogens with two attached hydrogens (primary N) is 1. The number of primary sulfonamides is 1. The van der Waals surface area contributed by atoms with Crippen molar-refractivity contribution in [1.82, 2.24) is 0 Å². The van der Waals surface area contributed by atoms with E-state index in [1.807, 2.05) is 0 Å². The Kier molecular flexibility index (Phi) is 6.35. The molecule has 0 aliphatic carbocycles. The van der Waals surface area contributed by atoms with Crippen molar-refractivity contribution < 1.29 is 27.2 Å². The molecule has 138 valence electrons. The maximum atomic E-state index is 12.0. The van der Waals surface area contributed by atoms with Crippen molar-refractivity contribution in [3.05, 3.63) is 52.9 Å². The Balaban J connectivity index is 1.90. The van der Waals surface area contributed by atoms with Gasteiger partial charge in [0, 0.05) is 11.8 Å². The average Bonchev–Trinajstić information content (AvgIpc) is 2.98. The number of esters is 1. The molecule has 26 heavy (non-hydrogen) atoms. The predicted molar refractivity (Wildman–Crippen MR) is 97.4 cm³/mol. The van der Waals surface area contributed by atoms with Crippen LogP contribution in [0.4, 0.5) is 5.69 Å². The van der Waals surface area contributed by atoms with Gasteiger partial charge in [0.1, 0.15) is 5.76 Å². The molecule has 1 atom stereocenters. The number of anilines is 1. The van der Waals surface area contributed by atoms with Crippen molar-refractivity contribution in [1.29, 1.82) is 0 Å². The van der Waals surface area contributed by atoms with Crippen LogP contribution in [0.2, 0.25) is 0 Å². The molecule has 2 aromatic rings. The summed E-state index contributed by atoms with van der Waals surface area (Å²) in [6, 6.07) is 8.58. The van der Waals surface area contributed by atoms with Crippen molar-refractivity contribution in [2.45, 2.75) is 17.9 Å². The quantitative estimate of drug-likeness (QED) is 0.521. The smallest absolute Gasteiger partial charge is 0.331 e. The van der Waals surface area contributed by atoms with Crippen molar-refractivity contribution in [2.24, 2.45) is 5.14 Å². The van der Waals surface area contributed by atoms with Crippen LogP contribution in [-0.4, -0.2) is 26.4 Å². The number of sulfonamides is 1. The van der Waals surface area contributed by atoms with E-state index in [1.165, 1.54) is 37.3 Å². The Morgan fingerprint density at radius 3 is 2.42 bits per heavy atom. The van der Waals surface area contributed by atoms with Gasteiger partial charge in [0.2, 0.25) is 10.0 Å². The zero-order valence-corrected chi connectivity index (χ0v) is 15.9. The Labute approximate surface area is 158 Å². The molecule has 0 saturated carbocycles. The molecule has 0 bridgehead atoms. The van der Waals surface area contributed by atoms with Crippen molar-refractivity contribution in [2.75, 3.05) is 5.32 Å². The number of nitrogens with one attached hydrogen (secondary N) is 1. The van der Waals surface area contributed by atoms with Gasteiger partial charge in [-0.1, -0.05) is 0 Å². The maximum absolute atomic E-state index is 12.0. The van der Waals surface area contributed by atoms with Gasteiger partial charge in [-0.05, 0) is 65.3 Å². The molecule has 1 aromatic carbocycles. The van der Waals surface area contributed by atoms with Crippen LogP contribution in [0.15, 0.2) is 56.5 Å². The fraction of sp³-hybridized carbons (Fsp3) is 0.125. The van der Waals surface area contributed by atoms with E-state index in [0.717, 1.165) is 6.08 Å². The first-order valence-electron chi connectivity index (χ1n) is 7.23. The number of carbonyl (C=O) groups is 2. The van der Waals surface area contributed by atoms with Gasteiger partial charge in [0.25, 0.3) is 5.91 Å². The van der Waals surface area contributed by atoms with Crippen molar-refractivity contribution in [3.63, 3.8) is 0 Å². The monoisotopic (exact) mass is 442 g/mol. The number of hydrogen-bond donors (Lipinski definition) is 2. The summed E-state index contributed by atoms with van der Waals surface area (Å²) < 4.78 is 33.1. The highest BCUT2D eigenvalue weighted by atomic mass is 79.9. The molecule has 0 radical (unpaired) electrons. The van der Waals surface area contributed by atoms with Crippen LogP contribution >= 0.6 is 15.9 Å². The van der Waals surface area contributed by atoms with E-state index in [1.54, 1.807) is 12.1 Å². The lowest BCUT2D eigenvalue weighted by molar-refractivity contribution is -0.148. The molecule has 0 fully saturated rings. The van der Waals surface area contributed by atoms with Gasteiger partial charge in [-0.15, -0.1) is 0 Å². The molecular weight excluding hydrogens is 428 g/mol. The number of hydrogen-bond acceptors (Lipinski definition) is 6. The SMILES string of the molecule is C[C@H](OC(=O)/C=C/c1ccc(Br)o1)C(=O)Nc1ccc(S(N)(=O)=O)cc1. The minimum atomic E-state index is -3.81. The first kappa shape index (κ1) is 19.9. The molecule has 0 spiro atoms. The summed E-state index contributed by atoms with van der Waals surface area (Å²) >= 11 is 3.14. The van der Waals surface area contributed by atoms with Gasteiger partial charge in [0.05, 0.1) is 4.90 Å². The molecular formula is C16H15BrN2O6S. The number of carbonyl (C=O) groups excluding carboxylic acids is 2. The van der Waals surface area contributed by atoms with Gasteiger partial charge in [-0.25, -0.2) is 18.4 Å². The van der Waals surface area contributed by atoms with E-state index < -0.39 is 28.0 Å². The lowest BCUT2D eigenvalue weighted by atomic mass is 10.3. The van der Waals surface area contributed by atoms with E-state index in [9.17, 15) is 18.0 Å². The van der Waals surface area contributed by atoms with Gasteiger partial charge in [-0.2, -0.15) is 0 Å². The van der Waals surface area contributed by atoms with Crippen LogP contribution < -0.4 is 10.5 Å². The predicted octanol–water partition coefficient (Wildman–Crippen LogP) is 2.27. The van der Waals surface area contributed by atoms with Crippen molar-refractivity contribution in [3.8, 4) is 0 Å². The molecule has 8 nitrogen and oxygen atoms in total. The maximum Gasteiger partial charge on any atom is 0.331 e. The molecule has 0 saturated heterocycles. The van der Waals surface area contributed by atoms with E-state index in [0.29, 0.717) is 16.1 Å². The molecule has 1 aromatic heterocycles. The zero-order valence-electron chi connectivity index (χ0n) is 13.5. The summed E-state index contributed by atoms with van der Waals surface area (Å²) in [5, 5.41) is 7.50. The zero-order chi connectivity index (χ0) is 19.3. The average molecular weight is 443 g/mol. The number of rotatable bonds is 6. The lowest BCUT2D eigenvalue weighted by Crippen LogP contribution is -2.29. The van der Waals surface area contributed by atoms with Gasteiger partial charge < -0.3 is 14.5 Å².